The average molecular weight is 282 g/mol. The van der Waals surface area contributed by atoms with Crippen molar-refractivity contribution in [3.05, 3.63) is 0 Å². The van der Waals surface area contributed by atoms with E-state index in [1.165, 1.54) is 0 Å². The van der Waals surface area contributed by atoms with E-state index in [-0.39, 0.29) is 0 Å². The Labute approximate surface area is 121 Å². The lowest BCUT2D eigenvalue weighted by molar-refractivity contribution is 0.284. The van der Waals surface area contributed by atoms with Crippen molar-refractivity contribution in [3.63, 3.8) is 0 Å². The average Bonchev–Trinajstić information content (AvgIpc) is 2.39. The number of hydrogen-bond acceptors (Lipinski definition) is 7. The minimum atomic E-state index is 0.346. The number of nitrogens with one attached hydrogen (secondary N) is 2. The van der Waals surface area contributed by atoms with E-state index in [0.717, 1.165) is 19.6 Å². The molecule has 0 saturated carbocycles. The van der Waals surface area contributed by atoms with Crippen LogP contribution in [0.1, 0.15) is 27.7 Å². The highest BCUT2D eigenvalue weighted by atomic mass is 16.5. The third-order valence-electron chi connectivity index (χ3n) is 2.85. The number of rotatable bonds is 9. The van der Waals surface area contributed by atoms with Crippen LogP contribution in [0.4, 0.5) is 11.9 Å². The van der Waals surface area contributed by atoms with Crippen molar-refractivity contribution >= 4 is 11.9 Å². The van der Waals surface area contributed by atoms with Gasteiger partial charge in [-0.15, -0.1) is 0 Å². The van der Waals surface area contributed by atoms with Crippen LogP contribution in [-0.2, 0) is 0 Å². The molecule has 0 amide bonds. The lowest BCUT2D eigenvalue weighted by Crippen LogP contribution is -2.31. The van der Waals surface area contributed by atoms with Gasteiger partial charge in [-0.05, 0) is 34.7 Å². The maximum Gasteiger partial charge on any atom is 0.323 e. The Morgan fingerprint density at radius 1 is 1.10 bits per heavy atom. The van der Waals surface area contributed by atoms with Crippen molar-refractivity contribution in [2.45, 2.75) is 33.7 Å². The van der Waals surface area contributed by atoms with Crippen molar-refractivity contribution in [2.24, 2.45) is 0 Å². The van der Waals surface area contributed by atoms with Crippen molar-refractivity contribution in [2.75, 3.05) is 43.9 Å². The highest BCUT2D eigenvalue weighted by Gasteiger charge is 2.07. The fourth-order valence-corrected chi connectivity index (χ4v) is 1.47. The minimum absolute atomic E-state index is 0.346. The SMILES string of the molecule is CCNc1nc(NCCN(C)C(C)C)nc(OCC)n1. The molecule has 0 unspecified atom stereocenters. The second-order valence-corrected chi connectivity index (χ2v) is 4.73. The molecule has 1 aromatic heterocycles. The van der Waals surface area contributed by atoms with Gasteiger partial charge in [0, 0.05) is 25.7 Å². The largest absolute Gasteiger partial charge is 0.464 e. The zero-order chi connectivity index (χ0) is 15.0. The molecule has 7 heteroatoms. The summed E-state index contributed by atoms with van der Waals surface area (Å²) < 4.78 is 5.35. The second-order valence-electron chi connectivity index (χ2n) is 4.73. The van der Waals surface area contributed by atoms with Crippen molar-refractivity contribution in [1.82, 2.24) is 19.9 Å². The predicted molar refractivity (Wildman–Crippen MR) is 81.4 cm³/mol. The molecule has 2 N–H and O–H groups in total. The van der Waals surface area contributed by atoms with E-state index < -0.39 is 0 Å². The van der Waals surface area contributed by atoms with Gasteiger partial charge in [0.1, 0.15) is 0 Å². The molecule has 20 heavy (non-hydrogen) atoms. The molecular formula is C13H26N6O. The molecule has 0 radical (unpaired) electrons. The number of ether oxygens (including phenoxy) is 1. The van der Waals surface area contributed by atoms with Crippen LogP contribution in [-0.4, -0.2) is 59.2 Å². The van der Waals surface area contributed by atoms with E-state index in [1.54, 1.807) is 0 Å². The van der Waals surface area contributed by atoms with Crippen LogP contribution >= 0.6 is 0 Å². The quantitative estimate of drug-likeness (QED) is 0.710. The fourth-order valence-electron chi connectivity index (χ4n) is 1.47. The van der Waals surface area contributed by atoms with Crippen LogP contribution in [0.2, 0.25) is 0 Å². The third kappa shape index (κ3) is 5.56. The molecule has 0 saturated heterocycles. The second kappa shape index (κ2) is 8.52. The highest BCUT2D eigenvalue weighted by Crippen LogP contribution is 2.10. The van der Waals surface area contributed by atoms with Crippen LogP contribution in [0.15, 0.2) is 0 Å². The molecule has 0 spiro atoms. The van der Waals surface area contributed by atoms with Gasteiger partial charge < -0.3 is 20.3 Å². The fraction of sp³-hybridized carbons (Fsp3) is 0.769. The molecular weight excluding hydrogens is 256 g/mol. The summed E-state index contributed by atoms with van der Waals surface area (Å²) >= 11 is 0. The summed E-state index contributed by atoms with van der Waals surface area (Å²) in [5, 5.41) is 6.28. The van der Waals surface area contributed by atoms with Crippen molar-refractivity contribution < 1.29 is 4.74 Å². The molecule has 0 atom stereocenters. The topological polar surface area (TPSA) is 75.2 Å². The van der Waals surface area contributed by atoms with Crippen molar-refractivity contribution in [3.8, 4) is 6.01 Å². The Balaban J connectivity index is 2.63. The van der Waals surface area contributed by atoms with E-state index in [0.29, 0.717) is 30.6 Å². The first kappa shape index (κ1) is 16.4. The molecule has 1 aromatic rings. The Morgan fingerprint density at radius 2 is 1.75 bits per heavy atom. The van der Waals surface area contributed by atoms with Gasteiger partial charge in [0.25, 0.3) is 0 Å². The number of nitrogens with zero attached hydrogens (tertiary/aromatic N) is 4. The van der Waals surface area contributed by atoms with Gasteiger partial charge in [0.05, 0.1) is 6.61 Å². The summed E-state index contributed by atoms with van der Waals surface area (Å²) in [7, 11) is 2.09. The molecule has 0 aliphatic rings. The number of anilines is 2. The van der Waals surface area contributed by atoms with Crippen LogP contribution < -0.4 is 15.4 Å². The number of hydrogen-bond donors (Lipinski definition) is 2. The normalized spacial score (nSPS) is 10.9. The maximum atomic E-state index is 5.35. The summed E-state index contributed by atoms with van der Waals surface area (Å²) in [4.78, 5) is 15.0. The Morgan fingerprint density at radius 3 is 2.30 bits per heavy atom. The monoisotopic (exact) mass is 282 g/mol. The summed E-state index contributed by atoms with van der Waals surface area (Å²) in [5.41, 5.74) is 0. The van der Waals surface area contributed by atoms with Crippen LogP contribution in [0.5, 0.6) is 6.01 Å². The summed E-state index contributed by atoms with van der Waals surface area (Å²) in [5.74, 6) is 1.07. The van der Waals surface area contributed by atoms with Gasteiger partial charge in [0.2, 0.25) is 11.9 Å². The number of aromatic nitrogens is 3. The van der Waals surface area contributed by atoms with E-state index in [4.69, 9.17) is 4.74 Å². The molecule has 7 nitrogen and oxygen atoms in total. The molecule has 114 valence electrons. The summed E-state index contributed by atoms with van der Waals surface area (Å²) in [6, 6.07) is 0.865. The lowest BCUT2D eigenvalue weighted by Gasteiger charge is -2.20. The van der Waals surface area contributed by atoms with Gasteiger partial charge in [-0.25, -0.2) is 0 Å². The standard InChI is InChI=1S/C13H26N6O/c1-6-14-11-16-12(18-13(17-11)20-7-2)15-8-9-19(5)10(3)4/h10H,6-9H2,1-5H3,(H2,14,15,16,17,18). The van der Waals surface area contributed by atoms with Gasteiger partial charge in [-0.1, -0.05) is 0 Å². The van der Waals surface area contributed by atoms with Gasteiger partial charge >= 0.3 is 6.01 Å². The first-order valence-corrected chi connectivity index (χ1v) is 7.13. The Bertz CT molecular complexity index is 374. The highest BCUT2D eigenvalue weighted by molar-refractivity contribution is 5.35. The van der Waals surface area contributed by atoms with Crippen LogP contribution in [0.25, 0.3) is 0 Å². The zero-order valence-electron chi connectivity index (χ0n) is 13.1. The van der Waals surface area contributed by atoms with Crippen molar-refractivity contribution in [1.29, 1.82) is 0 Å². The predicted octanol–water partition coefficient (Wildman–Crippen LogP) is 1.45. The van der Waals surface area contributed by atoms with Gasteiger partial charge in [-0.3, -0.25) is 0 Å². The number of likely N-dealkylation sites (N-methyl/N-ethyl adjacent to an activating group) is 1. The molecule has 1 heterocycles. The van der Waals surface area contributed by atoms with Gasteiger partial charge in [0.15, 0.2) is 0 Å². The molecule has 0 aromatic carbocycles. The Kier molecular flexibility index (Phi) is 7.00. The first-order valence-electron chi connectivity index (χ1n) is 7.13. The van der Waals surface area contributed by atoms with E-state index >= 15 is 0 Å². The Hall–Kier alpha value is -1.63. The first-order chi connectivity index (χ1) is 9.56. The zero-order valence-corrected chi connectivity index (χ0v) is 13.1. The smallest absolute Gasteiger partial charge is 0.323 e. The van der Waals surface area contributed by atoms with E-state index in [2.05, 4.69) is 51.4 Å². The van der Waals surface area contributed by atoms with E-state index in [9.17, 15) is 0 Å². The molecule has 0 fully saturated rings. The molecule has 0 aliphatic carbocycles. The lowest BCUT2D eigenvalue weighted by atomic mass is 10.3. The summed E-state index contributed by atoms with van der Waals surface area (Å²) in [6.07, 6.45) is 0. The molecule has 0 bridgehead atoms. The molecule has 0 aliphatic heterocycles. The van der Waals surface area contributed by atoms with E-state index in [1.807, 2.05) is 13.8 Å². The maximum absolute atomic E-state index is 5.35. The van der Waals surface area contributed by atoms with Gasteiger partial charge in [-0.2, -0.15) is 15.0 Å². The third-order valence-corrected chi connectivity index (χ3v) is 2.85. The minimum Gasteiger partial charge on any atom is -0.464 e. The van der Waals surface area contributed by atoms with Crippen LogP contribution in [0.3, 0.4) is 0 Å². The summed E-state index contributed by atoms with van der Waals surface area (Å²) in [6.45, 7) is 11.2. The van der Waals surface area contributed by atoms with Crippen LogP contribution in [0, 0.1) is 0 Å². The molecule has 1 rings (SSSR count).